The number of alkyl halides is 5. The van der Waals surface area contributed by atoms with Gasteiger partial charge in [-0.2, -0.15) is 18.3 Å². The van der Waals surface area contributed by atoms with Crippen LogP contribution in [0.2, 0.25) is 0 Å². The van der Waals surface area contributed by atoms with Crippen molar-refractivity contribution in [1.82, 2.24) is 20.1 Å². The van der Waals surface area contributed by atoms with Crippen molar-refractivity contribution in [3.05, 3.63) is 86.8 Å². The van der Waals surface area contributed by atoms with Crippen molar-refractivity contribution in [3.8, 4) is 0 Å². The van der Waals surface area contributed by atoms with E-state index in [-0.39, 0.29) is 18.7 Å². The summed E-state index contributed by atoms with van der Waals surface area (Å²) >= 11 is 0. The fourth-order valence-corrected chi connectivity index (χ4v) is 3.98. The SMILES string of the molecule is CC(F)(F)c1cc(COC2OCCN(Cc3n[nH]c(=O)[nH]3)C2c2ccc(F)cc2)cc(C(F)(F)F)c1. The summed E-state index contributed by atoms with van der Waals surface area (Å²) in [7, 11) is 0. The first-order chi connectivity index (χ1) is 16.9. The first-order valence-electron chi connectivity index (χ1n) is 10.9. The van der Waals surface area contributed by atoms with Gasteiger partial charge in [-0.15, -0.1) is 0 Å². The quantitative estimate of drug-likeness (QED) is 0.453. The highest BCUT2D eigenvalue weighted by atomic mass is 19.4. The summed E-state index contributed by atoms with van der Waals surface area (Å²) in [6.45, 7) is 0.742. The van der Waals surface area contributed by atoms with Crippen molar-refractivity contribution in [2.45, 2.75) is 44.5 Å². The Bertz CT molecular complexity index is 1200. The Kier molecular flexibility index (Phi) is 7.25. The molecule has 1 saturated heterocycles. The van der Waals surface area contributed by atoms with Gasteiger partial charge in [0.15, 0.2) is 6.29 Å². The highest BCUT2D eigenvalue weighted by Crippen LogP contribution is 2.36. The van der Waals surface area contributed by atoms with Crippen molar-refractivity contribution < 1.29 is 35.8 Å². The summed E-state index contributed by atoms with van der Waals surface area (Å²) in [6, 6.07) is 6.92. The molecule has 0 saturated carbocycles. The zero-order valence-corrected chi connectivity index (χ0v) is 18.9. The number of halogens is 6. The van der Waals surface area contributed by atoms with Crippen molar-refractivity contribution in [3.63, 3.8) is 0 Å². The Morgan fingerprint density at radius 1 is 1.11 bits per heavy atom. The Balaban J connectivity index is 1.61. The van der Waals surface area contributed by atoms with E-state index in [4.69, 9.17) is 9.47 Å². The molecule has 4 rings (SSSR count). The van der Waals surface area contributed by atoms with Crippen LogP contribution in [0.15, 0.2) is 47.3 Å². The third-order valence-electron chi connectivity index (χ3n) is 5.67. The minimum Gasteiger partial charge on any atom is -0.349 e. The third-order valence-corrected chi connectivity index (χ3v) is 5.67. The number of ether oxygens (including phenoxy) is 2. The predicted molar refractivity (Wildman–Crippen MR) is 114 cm³/mol. The molecule has 3 aromatic rings. The van der Waals surface area contributed by atoms with Crippen LogP contribution >= 0.6 is 0 Å². The lowest BCUT2D eigenvalue weighted by molar-refractivity contribution is -0.218. The van der Waals surface area contributed by atoms with E-state index in [0.717, 1.165) is 12.1 Å². The summed E-state index contributed by atoms with van der Waals surface area (Å²) in [5.41, 5.74) is -2.05. The molecule has 7 nitrogen and oxygen atoms in total. The highest BCUT2D eigenvalue weighted by Gasteiger charge is 2.37. The van der Waals surface area contributed by atoms with Gasteiger partial charge in [0.05, 0.1) is 31.4 Å². The normalized spacial score (nSPS) is 19.5. The summed E-state index contributed by atoms with van der Waals surface area (Å²) in [4.78, 5) is 15.8. The number of hydrogen-bond acceptors (Lipinski definition) is 5. The van der Waals surface area contributed by atoms with Crippen LogP contribution in [0.3, 0.4) is 0 Å². The average Bonchev–Trinajstić information content (AvgIpc) is 3.21. The summed E-state index contributed by atoms with van der Waals surface area (Å²) in [6.07, 6.45) is -5.87. The van der Waals surface area contributed by atoms with E-state index < -0.39 is 53.7 Å². The van der Waals surface area contributed by atoms with Gasteiger partial charge >= 0.3 is 11.9 Å². The van der Waals surface area contributed by atoms with Gasteiger partial charge in [0.25, 0.3) is 5.92 Å². The predicted octanol–water partition coefficient (Wildman–Crippen LogP) is 4.48. The van der Waals surface area contributed by atoms with E-state index in [9.17, 15) is 31.1 Å². The van der Waals surface area contributed by atoms with Crippen LogP contribution in [-0.2, 0) is 34.7 Å². The zero-order chi connectivity index (χ0) is 26.1. The molecule has 1 aromatic heterocycles. The molecule has 0 aliphatic carbocycles. The minimum atomic E-state index is -4.83. The lowest BCUT2D eigenvalue weighted by Crippen LogP contribution is -2.46. The van der Waals surface area contributed by atoms with Crippen LogP contribution in [0.4, 0.5) is 26.3 Å². The molecule has 36 heavy (non-hydrogen) atoms. The van der Waals surface area contributed by atoms with Crippen molar-refractivity contribution in [2.75, 3.05) is 13.2 Å². The lowest BCUT2D eigenvalue weighted by Gasteiger charge is -2.40. The fraction of sp³-hybridized carbons (Fsp3) is 0.391. The lowest BCUT2D eigenvalue weighted by atomic mass is 10.0. The Labute approximate surface area is 201 Å². The number of rotatable bonds is 7. The largest absolute Gasteiger partial charge is 0.416 e. The van der Waals surface area contributed by atoms with Crippen LogP contribution < -0.4 is 5.69 Å². The molecule has 0 amide bonds. The summed E-state index contributed by atoms with van der Waals surface area (Å²) in [5.74, 6) is -3.65. The Morgan fingerprint density at radius 3 is 2.42 bits per heavy atom. The highest BCUT2D eigenvalue weighted by molar-refractivity contribution is 5.34. The fourth-order valence-electron chi connectivity index (χ4n) is 3.98. The second-order valence-corrected chi connectivity index (χ2v) is 8.45. The number of nitrogens with one attached hydrogen (secondary N) is 2. The third kappa shape index (κ3) is 6.15. The molecule has 0 spiro atoms. The smallest absolute Gasteiger partial charge is 0.349 e. The second-order valence-electron chi connectivity index (χ2n) is 8.45. The van der Waals surface area contributed by atoms with Gasteiger partial charge in [0.1, 0.15) is 11.6 Å². The molecular formula is C23H22F6N4O3. The van der Waals surface area contributed by atoms with Gasteiger partial charge in [-0.3, -0.25) is 9.88 Å². The maximum atomic E-state index is 13.9. The number of H-pyrrole nitrogens is 2. The number of morpholine rings is 1. The number of aromatic nitrogens is 3. The Hall–Kier alpha value is -3.16. The molecule has 2 unspecified atom stereocenters. The molecule has 0 radical (unpaired) electrons. The summed E-state index contributed by atoms with van der Waals surface area (Å²) < 4.78 is 92.8. The van der Waals surface area contributed by atoms with E-state index in [0.29, 0.717) is 30.9 Å². The first-order valence-corrected chi connectivity index (χ1v) is 10.9. The monoisotopic (exact) mass is 516 g/mol. The molecular weight excluding hydrogens is 494 g/mol. The summed E-state index contributed by atoms with van der Waals surface area (Å²) in [5, 5.41) is 6.14. The van der Waals surface area contributed by atoms with Crippen molar-refractivity contribution >= 4 is 0 Å². The number of aromatic amines is 2. The Morgan fingerprint density at radius 2 is 1.81 bits per heavy atom. The molecule has 2 N–H and O–H groups in total. The van der Waals surface area contributed by atoms with E-state index in [1.54, 1.807) is 0 Å². The topological polar surface area (TPSA) is 83.2 Å². The van der Waals surface area contributed by atoms with Gasteiger partial charge in [-0.1, -0.05) is 12.1 Å². The standard InChI is InChI=1S/C23H22F6N4O3/c1-22(25,26)15-8-13(9-16(10-15)23(27,28)29)12-36-20-19(14-2-4-17(24)5-3-14)33(6-7-35-20)11-18-30-21(34)32-31-18/h2-5,8-10,19-20H,6-7,11-12H2,1H3,(H2,30,31,32,34). The van der Waals surface area contributed by atoms with Gasteiger partial charge in [-0.05, 0) is 41.5 Å². The molecule has 2 aromatic carbocycles. The van der Waals surface area contributed by atoms with Gasteiger partial charge in [0, 0.05) is 19.0 Å². The van der Waals surface area contributed by atoms with Gasteiger partial charge in [0.2, 0.25) is 0 Å². The van der Waals surface area contributed by atoms with Crippen molar-refractivity contribution in [1.29, 1.82) is 0 Å². The maximum Gasteiger partial charge on any atom is 0.416 e. The van der Waals surface area contributed by atoms with Crippen LogP contribution in [0.1, 0.15) is 41.0 Å². The van der Waals surface area contributed by atoms with E-state index >= 15 is 0 Å². The average molecular weight is 516 g/mol. The maximum absolute atomic E-state index is 13.9. The zero-order valence-electron chi connectivity index (χ0n) is 18.9. The van der Waals surface area contributed by atoms with Crippen LogP contribution in [0.5, 0.6) is 0 Å². The number of benzene rings is 2. The van der Waals surface area contributed by atoms with E-state index in [1.165, 1.54) is 24.3 Å². The van der Waals surface area contributed by atoms with Gasteiger partial charge < -0.3 is 9.47 Å². The molecule has 1 fully saturated rings. The van der Waals surface area contributed by atoms with Crippen molar-refractivity contribution in [2.24, 2.45) is 0 Å². The molecule has 0 bridgehead atoms. The van der Waals surface area contributed by atoms with Crippen LogP contribution in [0, 0.1) is 5.82 Å². The molecule has 1 aliphatic rings. The first kappa shape index (κ1) is 25.9. The van der Waals surface area contributed by atoms with Gasteiger partial charge in [-0.25, -0.2) is 23.1 Å². The second kappa shape index (κ2) is 10.1. The van der Waals surface area contributed by atoms with E-state index in [1.807, 2.05) is 4.90 Å². The van der Waals surface area contributed by atoms with E-state index in [2.05, 4.69) is 15.2 Å². The number of nitrogens with zero attached hydrogens (tertiary/aromatic N) is 2. The molecule has 2 heterocycles. The molecule has 13 heteroatoms. The van der Waals surface area contributed by atoms with Crippen LogP contribution in [0.25, 0.3) is 0 Å². The molecule has 1 aliphatic heterocycles. The number of hydrogen-bond donors (Lipinski definition) is 2. The van der Waals surface area contributed by atoms with Crippen LogP contribution in [-0.4, -0.2) is 39.5 Å². The molecule has 194 valence electrons. The minimum absolute atomic E-state index is 0.114. The molecule has 2 atom stereocenters.